The number of likely N-dealkylation sites (tertiary alicyclic amines) is 1. The summed E-state index contributed by atoms with van der Waals surface area (Å²) < 4.78 is 11.4. The summed E-state index contributed by atoms with van der Waals surface area (Å²) in [6.07, 6.45) is 4.09. The molecule has 2 heterocycles. The first-order chi connectivity index (χ1) is 12.6. The average molecular weight is 360 g/mol. The molecule has 0 radical (unpaired) electrons. The fraction of sp³-hybridized carbons (Fsp3) is 0.667. The first-order valence-corrected chi connectivity index (χ1v) is 9.92. The number of piperidine rings is 1. The summed E-state index contributed by atoms with van der Waals surface area (Å²) in [5, 5.41) is 0. The summed E-state index contributed by atoms with van der Waals surface area (Å²) in [4.78, 5) is 17.3. The van der Waals surface area contributed by atoms with Crippen LogP contribution in [0, 0.1) is 0 Å². The molecule has 1 aromatic rings. The molecule has 0 saturated carbocycles. The Morgan fingerprint density at radius 1 is 1.23 bits per heavy atom. The van der Waals surface area contributed by atoms with Crippen LogP contribution < -0.4 is 4.74 Å². The lowest BCUT2D eigenvalue weighted by Gasteiger charge is -2.48. The van der Waals surface area contributed by atoms with Crippen molar-refractivity contribution in [1.82, 2.24) is 9.80 Å². The molecule has 0 aromatic heterocycles. The SMILES string of the molecule is CCN(CC)C1CCOC2(CCN(C(=O)c3ccc(OC)cc3)CC2)C1. The molecule has 1 atom stereocenters. The number of ether oxygens (including phenoxy) is 2. The van der Waals surface area contributed by atoms with Gasteiger partial charge >= 0.3 is 0 Å². The monoisotopic (exact) mass is 360 g/mol. The zero-order valence-corrected chi connectivity index (χ0v) is 16.4. The number of amides is 1. The first kappa shape index (κ1) is 19.2. The molecule has 2 fully saturated rings. The second-order valence-corrected chi connectivity index (χ2v) is 7.42. The van der Waals surface area contributed by atoms with Crippen LogP contribution in [0.15, 0.2) is 24.3 Å². The summed E-state index contributed by atoms with van der Waals surface area (Å²) in [5.74, 6) is 0.885. The van der Waals surface area contributed by atoms with Crippen LogP contribution in [0.5, 0.6) is 5.75 Å². The van der Waals surface area contributed by atoms with E-state index in [0.717, 1.165) is 69.8 Å². The molecule has 1 spiro atoms. The van der Waals surface area contributed by atoms with Crippen molar-refractivity contribution in [3.8, 4) is 5.75 Å². The number of carbonyl (C=O) groups excluding carboxylic acids is 1. The molecule has 5 nitrogen and oxygen atoms in total. The molecule has 1 unspecified atom stereocenters. The van der Waals surface area contributed by atoms with Gasteiger partial charge in [0.25, 0.3) is 5.91 Å². The minimum absolute atomic E-state index is 0.0395. The third-order valence-electron chi connectivity index (χ3n) is 6.09. The molecule has 144 valence electrons. The van der Waals surface area contributed by atoms with Gasteiger partial charge in [0, 0.05) is 31.3 Å². The number of methoxy groups -OCH3 is 1. The molecular weight excluding hydrogens is 328 g/mol. The topological polar surface area (TPSA) is 42.0 Å². The van der Waals surface area contributed by atoms with E-state index in [-0.39, 0.29) is 11.5 Å². The molecule has 2 aliphatic heterocycles. The highest BCUT2D eigenvalue weighted by atomic mass is 16.5. The van der Waals surface area contributed by atoms with Crippen molar-refractivity contribution >= 4 is 5.91 Å². The number of nitrogens with zero attached hydrogens (tertiary/aromatic N) is 2. The molecule has 5 heteroatoms. The predicted octanol–water partition coefficient (Wildman–Crippen LogP) is 3.19. The van der Waals surface area contributed by atoms with Crippen LogP contribution >= 0.6 is 0 Å². The second kappa shape index (κ2) is 8.40. The highest BCUT2D eigenvalue weighted by Gasteiger charge is 2.42. The van der Waals surface area contributed by atoms with E-state index in [2.05, 4.69) is 18.7 Å². The van der Waals surface area contributed by atoms with E-state index in [1.54, 1.807) is 7.11 Å². The number of benzene rings is 1. The van der Waals surface area contributed by atoms with Crippen LogP contribution in [0.2, 0.25) is 0 Å². The van der Waals surface area contributed by atoms with Crippen molar-refractivity contribution in [3.63, 3.8) is 0 Å². The maximum Gasteiger partial charge on any atom is 0.253 e. The summed E-state index contributed by atoms with van der Waals surface area (Å²) in [6.45, 7) is 9.06. The Hall–Kier alpha value is -1.59. The van der Waals surface area contributed by atoms with E-state index in [1.807, 2.05) is 29.2 Å². The van der Waals surface area contributed by atoms with E-state index in [9.17, 15) is 4.79 Å². The molecule has 0 bridgehead atoms. The first-order valence-electron chi connectivity index (χ1n) is 9.92. The standard InChI is InChI=1S/C21H32N2O3/c1-4-22(5-2)18-10-15-26-21(16-18)11-13-23(14-12-21)20(24)17-6-8-19(25-3)9-7-17/h6-9,18H,4-5,10-16H2,1-3H3. The Labute approximate surface area is 157 Å². The van der Waals surface area contributed by atoms with Gasteiger partial charge < -0.3 is 19.3 Å². The summed E-state index contributed by atoms with van der Waals surface area (Å²) >= 11 is 0. The lowest BCUT2D eigenvalue weighted by molar-refractivity contribution is -0.129. The lowest BCUT2D eigenvalue weighted by Crippen LogP contribution is -2.54. The van der Waals surface area contributed by atoms with Gasteiger partial charge in [0.1, 0.15) is 5.75 Å². The Balaban J connectivity index is 1.60. The third kappa shape index (κ3) is 4.04. The van der Waals surface area contributed by atoms with E-state index < -0.39 is 0 Å². The zero-order chi connectivity index (χ0) is 18.6. The Morgan fingerprint density at radius 3 is 2.46 bits per heavy atom. The van der Waals surface area contributed by atoms with Crippen LogP contribution in [0.1, 0.15) is 49.9 Å². The summed E-state index contributed by atoms with van der Waals surface area (Å²) in [7, 11) is 1.64. The van der Waals surface area contributed by atoms with Crippen LogP contribution in [-0.2, 0) is 4.74 Å². The Kier molecular flexibility index (Phi) is 6.20. The van der Waals surface area contributed by atoms with Crippen molar-refractivity contribution in [2.24, 2.45) is 0 Å². The third-order valence-corrected chi connectivity index (χ3v) is 6.09. The van der Waals surface area contributed by atoms with E-state index in [4.69, 9.17) is 9.47 Å². The van der Waals surface area contributed by atoms with Gasteiger partial charge in [-0.2, -0.15) is 0 Å². The Bertz CT molecular complexity index is 590. The molecule has 2 aliphatic rings. The quantitative estimate of drug-likeness (QED) is 0.809. The number of rotatable bonds is 5. The fourth-order valence-corrected chi connectivity index (χ4v) is 4.44. The molecular formula is C21H32N2O3. The number of hydrogen-bond donors (Lipinski definition) is 0. The summed E-state index contributed by atoms with van der Waals surface area (Å²) in [6, 6.07) is 8.00. The predicted molar refractivity (Wildman–Crippen MR) is 103 cm³/mol. The van der Waals surface area contributed by atoms with Gasteiger partial charge in [-0.05, 0) is 63.0 Å². The zero-order valence-electron chi connectivity index (χ0n) is 16.4. The van der Waals surface area contributed by atoms with Gasteiger partial charge in [-0.25, -0.2) is 0 Å². The second-order valence-electron chi connectivity index (χ2n) is 7.42. The number of hydrogen-bond acceptors (Lipinski definition) is 4. The normalized spacial score (nSPS) is 22.6. The van der Waals surface area contributed by atoms with Gasteiger partial charge in [-0.3, -0.25) is 4.79 Å². The molecule has 3 rings (SSSR count). The van der Waals surface area contributed by atoms with Crippen molar-refractivity contribution in [2.75, 3.05) is 39.9 Å². The van der Waals surface area contributed by atoms with Crippen molar-refractivity contribution in [2.45, 2.75) is 51.2 Å². The van der Waals surface area contributed by atoms with Gasteiger partial charge in [0.05, 0.1) is 12.7 Å². The van der Waals surface area contributed by atoms with Crippen molar-refractivity contribution < 1.29 is 14.3 Å². The van der Waals surface area contributed by atoms with Gasteiger partial charge in [-0.15, -0.1) is 0 Å². The summed E-state index contributed by atoms with van der Waals surface area (Å²) in [5.41, 5.74) is 0.690. The van der Waals surface area contributed by atoms with E-state index in [0.29, 0.717) is 6.04 Å². The minimum atomic E-state index is -0.0395. The number of carbonyl (C=O) groups is 1. The van der Waals surface area contributed by atoms with Crippen LogP contribution in [0.25, 0.3) is 0 Å². The maximum atomic E-state index is 12.8. The van der Waals surface area contributed by atoms with E-state index >= 15 is 0 Å². The largest absolute Gasteiger partial charge is 0.497 e. The van der Waals surface area contributed by atoms with Crippen molar-refractivity contribution in [3.05, 3.63) is 29.8 Å². The minimum Gasteiger partial charge on any atom is -0.497 e. The smallest absolute Gasteiger partial charge is 0.253 e. The molecule has 0 aliphatic carbocycles. The van der Waals surface area contributed by atoms with Crippen molar-refractivity contribution in [1.29, 1.82) is 0 Å². The van der Waals surface area contributed by atoms with Crippen LogP contribution in [0.4, 0.5) is 0 Å². The molecule has 1 amide bonds. The maximum absolute atomic E-state index is 12.8. The van der Waals surface area contributed by atoms with Crippen LogP contribution in [0.3, 0.4) is 0 Å². The Morgan fingerprint density at radius 2 is 1.88 bits per heavy atom. The van der Waals surface area contributed by atoms with Gasteiger partial charge in [-0.1, -0.05) is 13.8 Å². The molecule has 26 heavy (non-hydrogen) atoms. The van der Waals surface area contributed by atoms with E-state index in [1.165, 1.54) is 0 Å². The molecule has 1 aromatic carbocycles. The highest BCUT2D eigenvalue weighted by molar-refractivity contribution is 5.94. The molecule has 0 N–H and O–H groups in total. The molecule has 2 saturated heterocycles. The lowest BCUT2D eigenvalue weighted by atomic mass is 9.81. The highest BCUT2D eigenvalue weighted by Crippen LogP contribution is 2.37. The fourth-order valence-electron chi connectivity index (χ4n) is 4.44. The van der Waals surface area contributed by atoms with Gasteiger partial charge in [0.2, 0.25) is 0 Å². The van der Waals surface area contributed by atoms with Gasteiger partial charge in [0.15, 0.2) is 0 Å². The average Bonchev–Trinajstić information content (AvgIpc) is 2.69. The van der Waals surface area contributed by atoms with Crippen LogP contribution in [-0.4, -0.2) is 67.2 Å².